The smallest absolute Gasteiger partial charge is 0.231 e. The lowest BCUT2D eigenvalue weighted by atomic mass is 10.0. The molecule has 21 heavy (non-hydrogen) atoms. The largest absolute Gasteiger partial charge is 0.354 e. The molecule has 0 spiro atoms. The van der Waals surface area contributed by atoms with Crippen LogP contribution in [0.4, 0.5) is 11.9 Å². The van der Waals surface area contributed by atoms with Crippen molar-refractivity contribution in [1.82, 2.24) is 15.0 Å². The summed E-state index contributed by atoms with van der Waals surface area (Å²) in [5.74, 6) is 1.20. The molecule has 1 unspecified atom stereocenters. The average Bonchev–Trinajstić information content (AvgIpc) is 2.94. The molecule has 1 atom stereocenters. The van der Waals surface area contributed by atoms with Crippen molar-refractivity contribution in [2.45, 2.75) is 32.7 Å². The molecule has 2 aromatic heterocycles. The molecular formula is C14H18ClN5S. The number of anilines is 2. The number of nitrogens with one attached hydrogen (secondary N) is 1. The van der Waals surface area contributed by atoms with Gasteiger partial charge in [-0.1, -0.05) is 6.92 Å². The van der Waals surface area contributed by atoms with Crippen molar-refractivity contribution in [2.24, 2.45) is 0 Å². The van der Waals surface area contributed by atoms with Crippen molar-refractivity contribution in [1.29, 1.82) is 0 Å². The molecule has 1 aliphatic rings. The summed E-state index contributed by atoms with van der Waals surface area (Å²) in [6.07, 6.45) is 2.04. The van der Waals surface area contributed by atoms with Gasteiger partial charge in [-0.05, 0) is 48.4 Å². The van der Waals surface area contributed by atoms with Gasteiger partial charge < -0.3 is 10.2 Å². The Balaban J connectivity index is 1.88. The molecule has 0 amide bonds. The van der Waals surface area contributed by atoms with Gasteiger partial charge >= 0.3 is 0 Å². The van der Waals surface area contributed by atoms with Crippen LogP contribution in [0.2, 0.25) is 5.28 Å². The van der Waals surface area contributed by atoms with E-state index < -0.39 is 0 Å². The van der Waals surface area contributed by atoms with Crippen LogP contribution in [0.15, 0.2) is 11.4 Å². The fourth-order valence-electron chi connectivity index (χ4n) is 2.57. The monoisotopic (exact) mass is 323 g/mol. The van der Waals surface area contributed by atoms with E-state index >= 15 is 0 Å². The normalized spacial score (nSPS) is 17.7. The lowest BCUT2D eigenvalue weighted by Gasteiger charge is -2.33. The standard InChI is InChI=1S/C14H18ClN5S/c1-3-6-16-13-17-12(15)18-14(19-13)20-7-4-11-10(9(20)2)5-8-21-11/h5,8-9H,3-4,6-7H2,1-2H3,(H,16,17,18,19). The van der Waals surface area contributed by atoms with Crippen LogP contribution in [0, 0.1) is 0 Å². The summed E-state index contributed by atoms with van der Waals surface area (Å²) >= 11 is 7.87. The number of rotatable bonds is 4. The molecule has 0 fully saturated rings. The summed E-state index contributed by atoms with van der Waals surface area (Å²) in [6, 6.07) is 2.45. The van der Waals surface area contributed by atoms with Crippen LogP contribution >= 0.6 is 22.9 Å². The fourth-order valence-corrected chi connectivity index (χ4v) is 3.69. The minimum Gasteiger partial charge on any atom is -0.354 e. The number of halogens is 1. The predicted molar refractivity (Wildman–Crippen MR) is 87.4 cm³/mol. The third-order valence-corrected chi connectivity index (χ3v) is 4.83. The van der Waals surface area contributed by atoms with Gasteiger partial charge in [-0.3, -0.25) is 0 Å². The Hall–Kier alpha value is -1.40. The minimum absolute atomic E-state index is 0.238. The van der Waals surface area contributed by atoms with E-state index in [1.54, 1.807) is 0 Å². The fraction of sp³-hybridized carbons (Fsp3) is 0.500. The topological polar surface area (TPSA) is 53.9 Å². The number of thiophene rings is 1. The van der Waals surface area contributed by atoms with E-state index in [0.29, 0.717) is 11.9 Å². The van der Waals surface area contributed by atoms with Crippen LogP contribution in [-0.4, -0.2) is 28.0 Å². The van der Waals surface area contributed by atoms with E-state index in [1.165, 1.54) is 10.4 Å². The van der Waals surface area contributed by atoms with Crippen molar-refractivity contribution >= 4 is 34.8 Å². The van der Waals surface area contributed by atoms with Gasteiger partial charge in [-0.15, -0.1) is 11.3 Å². The van der Waals surface area contributed by atoms with E-state index in [0.717, 1.165) is 25.9 Å². The Morgan fingerprint density at radius 2 is 2.29 bits per heavy atom. The lowest BCUT2D eigenvalue weighted by Crippen LogP contribution is -2.34. The number of aromatic nitrogens is 3. The second-order valence-corrected chi connectivity index (χ2v) is 6.41. The predicted octanol–water partition coefficient (Wildman–Crippen LogP) is 3.53. The molecule has 1 aliphatic heterocycles. The Labute approximate surface area is 133 Å². The summed E-state index contributed by atoms with van der Waals surface area (Å²) in [7, 11) is 0. The number of hydrogen-bond donors (Lipinski definition) is 1. The molecule has 2 aromatic rings. The van der Waals surface area contributed by atoms with Gasteiger partial charge in [-0.25, -0.2) is 0 Å². The van der Waals surface area contributed by atoms with Gasteiger partial charge in [0.2, 0.25) is 17.2 Å². The Morgan fingerprint density at radius 3 is 3.10 bits per heavy atom. The molecule has 5 nitrogen and oxygen atoms in total. The van der Waals surface area contributed by atoms with Gasteiger partial charge in [0.1, 0.15) is 0 Å². The zero-order chi connectivity index (χ0) is 14.8. The first-order valence-corrected chi connectivity index (χ1v) is 8.43. The molecule has 112 valence electrons. The summed E-state index contributed by atoms with van der Waals surface area (Å²) < 4.78 is 0. The molecule has 0 saturated carbocycles. The highest BCUT2D eigenvalue weighted by molar-refractivity contribution is 7.10. The molecule has 0 aliphatic carbocycles. The molecular weight excluding hydrogens is 306 g/mol. The first kappa shape index (κ1) is 14.5. The maximum Gasteiger partial charge on any atom is 0.231 e. The molecule has 7 heteroatoms. The van der Waals surface area contributed by atoms with Gasteiger partial charge in [0.15, 0.2) is 0 Å². The quantitative estimate of drug-likeness (QED) is 0.932. The molecule has 1 N–H and O–H groups in total. The summed E-state index contributed by atoms with van der Waals surface area (Å²) in [6.45, 7) is 6.01. The van der Waals surface area contributed by atoms with Crippen LogP contribution in [0.5, 0.6) is 0 Å². The molecule has 0 bridgehead atoms. The first-order chi connectivity index (χ1) is 10.2. The van der Waals surface area contributed by atoms with Crippen LogP contribution in [0.1, 0.15) is 36.8 Å². The highest BCUT2D eigenvalue weighted by Crippen LogP contribution is 2.34. The van der Waals surface area contributed by atoms with Crippen LogP contribution in [-0.2, 0) is 6.42 Å². The van der Waals surface area contributed by atoms with Crippen molar-refractivity contribution < 1.29 is 0 Å². The zero-order valence-corrected chi connectivity index (χ0v) is 13.7. The Morgan fingerprint density at radius 1 is 1.43 bits per heavy atom. The Bertz CT molecular complexity index is 630. The number of hydrogen-bond acceptors (Lipinski definition) is 6. The summed E-state index contributed by atoms with van der Waals surface area (Å²) in [5, 5.41) is 5.56. The van der Waals surface area contributed by atoms with Gasteiger partial charge in [0.25, 0.3) is 0 Å². The second-order valence-electron chi connectivity index (χ2n) is 5.07. The second kappa shape index (κ2) is 6.15. The van der Waals surface area contributed by atoms with Gasteiger partial charge in [0, 0.05) is 18.0 Å². The molecule has 3 heterocycles. The third kappa shape index (κ3) is 2.96. The van der Waals surface area contributed by atoms with Crippen molar-refractivity contribution in [3.8, 4) is 0 Å². The van der Waals surface area contributed by atoms with Crippen LogP contribution in [0.3, 0.4) is 0 Å². The summed E-state index contributed by atoms with van der Waals surface area (Å²) in [5.41, 5.74) is 1.37. The van der Waals surface area contributed by atoms with Crippen molar-refractivity contribution in [3.63, 3.8) is 0 Å². The lowest BCUT2D eigenvalue weighted by molar-refractivity contribution is 0.614. The van der Waals surface area contributed by atoms with Crippen molar-refractivity contribution in [3.05, 3.63) is 27.2 Å². The molecule has 3 rings (SSSR count). The maximum atomic E-state index is 6.05. The molecule has 0 aromatic carbocycles. The van der Waals surface area contributed by atoms with E-state index in [4.69, 9.17) is 11.6 Å². The highest BCUT2D eigenvalue weighted by atomic mass is 35.5. The third-order valence-electron chi connectivity index (χ3n) is 3.66. The van der Waals surface area contributed by atoms with E-state index in [-0.39, 0.29) is 11.3 Å². The zero-order valence-electron chi connectivity index (χ0n) is 12.1. The highest BCUT2D eigenvalue weighted by Gasteiger charge is 2.27. The van der Waals surface area contributed by atoms with E-state index in [9.17, 15) is 0 Å². The van der Waals surface area contributed by atoms with E-state index in [1.807, 2.05) is 11.3 Å². The minimum atomic E-state index is 0.238. The van der Waals surface area contributed by atoms with E-state index in [2.05, 4.69) is 50.5 Å². The van der Waals surface area contributed by atoms with Crippen LogP contribution < -0.4 is 10.2 Å². The summed E-state index contributed by atoms with van der Waals surface area (Å²) in [4.78, 5) is 16.6. The van der Waals surface area contributed by atoms with Gasteiger partial charge in [0.05, 0.1) is 6.04 Å². The van der Waals surface area contributed by atoms with Gasteiger partial charge in [-0.2, -0.15) is 15.0 Å². The molecule has 0 radical (unpaired) electrons. The average molecular weight is 324 g/mol. The SMILES string of the molecule is CCCNc1nc(Cl)nc(N2CCc3sccc3C2C)n1. The number of fused-ring (bicyclic) bond motifs is 1. The first-order valence-electron chi connectivity index (χ1n) is 7.17. The Kier molecular flexibility index (Phi) is 4.26. The molecule has 0 saturated heterocycles. The maximum absolute atomic E-state index is 6.05. The van der Waals surface area contributed by atoms with Crippen LogP contribution in [0.25, 0.3) is 0 Å². The number of nitrogens with zero attached hydrogens (tertiary/aromatic N) is 4. The van der Waals surface area contributed by atoms with Crippen molar-refractivity contribution in [2.75, 3.05) is 23.3 Å².